The first-order valence-corrected chi connectivity index (χ1v) is 8.18. The largest absolute Gasteiger partial charge is 0.342 e. The summed E-state index contributed by atoms with van der Waals surface area (Å²) in [5.74, 6) is 1.06. The van der Waals surface area contributed by atoms with Crippen LogP contribution in [-0.2, 0) is 16.4 Å². The Morgan fingerprint density at radius 1 is 1.32 bits per heavy atom. The van der Waals surface area contributed by atoms with Crippen molar-refractivity contribution in [3.8, 4) is 0 Å². The summed E-state index contributed by atoms with van der Waals surface area (Å²) in [7, 11) is -3.25. The first-order valence-electron chi connectivity index (χ1n) is 6.53. The van der Waals surface area contributed by atoms with Crippen LogP contribution in [0, 0.1) is 0 Å². The van der Waals surface area contributed by atoms with E-state index in [2.05, 4.69) is 14.7 Å². The number of unbranched alkanes of at least 4 members (excludes halogenated alkanes) is 1. The summed E-state index contributed by atoms with van der Waals surface area (Å²) in [5.41, 5.74) is 2.29. The topological polar surface area (TPSA) is 74.8 Å². The molecule has 1 aromatic carbocycles. The number of imidazole rings is 1. The molecule has 0 spiro atoms. The van der Waals surface area contributed by atoms with Crippen molar-refractivity contribution in [1.82, 2.24) is 9.97 Å². The van der Waals surface area contributed by atoms with E-state index in [0.29, 0.717) is 12.1 Å². The maximum atomic E-state index is 11.8. The van der Waals surface area contributed by atoms with E-state index < -0.39 is 10.0 Å². The number of nitrogens with zero attached hydrogens (tertiary/aromatic N) is 1. The normalized spacial score (nSPS) is 11.9. The molecular formula is C13H19N3O2S. The summed E-state index contributed by atoms with van der Waals surface area (Å²) in [6.45, 7) is 3.99. The number of nitrogens with one attached hydrogen (secondary N) is 2. The molecule has 0 unspecified atom stereocenters. The van der Waals surface area contributed by atoms with Crippen LogP contribution in [0.4, 0.5) is 5.69 Å². The fourth-order valence-corrected chi connectivity index (χ4v) is 3.12. The molecule has 0 amide bonds. The Morgan fingerprint density at radius 3 is 2.79 bits per heavy atom. The highest BCUT2D eigenvalue weighted by molar-refractivity contribution is 7.92. The molecule has 5 nitrogen and oxygen atoms in total. The second-order valence-corrected chi connectivity index (χ2v) is 6.39. The third-order valence-corrected chi connectivity index (χ3v) is 4.28. The minimum atomic E-state index is -3.25. The van der Waals surface area contributed by atoms with E-state index in [1.165, 1.54) is 0 Å². The molecule has 2 N–H and O–H groups in total. The molecule has 0 aliphatic rings. The summed E-state index contributed by atoms with van der Waals surface area (Å²) < 4.78 is 26.2. The molecule has 0 saturated heterocycles. The number of sulfonamides is 1. The van der Waals surface area contributed by atoms with Crippen molar-refractivity contribution in [2.75, 3.05) is 10.5 Å². The maximum absolute atomic E-state index is 11.8. The Labute approximate surface area is 113 Å². The summed E-state index contributed by atoms with van der Waals surface area (Å²) in [5, 5.41) is 0. The third-order valence-electron chi connectivity index (χ3n) is 2.91. The molecule has 2 aromatic rings. The molecule has 0 fully saturated rings. The molecule has 0 atom stereocenters. The Hall–Kier alpha value is -1.56. The van der Waals surface area contributed by atoms with Crippen molar-refractivity contribution in [3.05, 3.63) is 24.0 Å². The van der Waals surface area contributed by atoms with Gasteiger partial charge in [0.15, 0.2) is 0 Å². The predicted molar refractivity (Wildman–Crippen MR) is 77.8 cm³/mol. The van der Waals surface area contributed by atoms with Gasteiger partial charge in [-0.2, -0.15) is 0 Å². The summed E-state index contributed by atoms with van der Waals surface area (Å²) >= 11 is 0. The Kier molecular flexibility index (Phi) is 4.09. The summed E-state index contributed by atoms with van der Waals surface area (Å²) in [6.07, 6.45) is 2.36. The summed E-state index contributed by atoms with van der Waals surface area (Å²) in [4.78, 5) is 7.55. The van der Waals surface area contributed by atoms with Crippen LogP contribution in [0.15, 0.2) is 18.2 Å². The molecule has 0 aliphatic heterocycles. The van der Waals surface area contributed by atoms with E-state index in [1.807, 2.05) is 19.9 Å². The highest BCUT2D eigenvalue weighted by atomic mass is 32.2. The number of anilines is 1. The first-order chi connectivity index (χ1) is 9.04. The van der Waals surface area contributed by atoms with E-state index in [1.54, 1.807) is 12.1 Å². The number of aromatic nitrogens is 2. The molecule has 2 rings (SSSR count). The molecule has 104 valence electrons. The monoisotopic (exact) mass is 281 g/mol. The van der Waals surface area contributed by atoms with Crippen molar-refractivity contribution < 1.29 is 8.42 Å². The van der Waals surface area contributed by atoms with Gasteiger partial charge in [-0.25, -0.2) is 13.4 Å². The first kappa shape index (κ1) is 13.9. The van der Waals surface area contributed by atoms with Crippen LogP contribution in [0.2, 0.25) is 0 Å². The highest BCUT2D eigenvalue weighted by Gasteiger charge is 2.10. The Balaban J connectivity index is 2.21. The smallest absolute Gasteiger partial charge is 0.232 e. The molecular weight excluding hydrogens is 262 g/mol. The van der Waals surface area contributed by atoms with E-state index in [-0.39, 0.29) is 5.75 Å². The predicted octanol–water partition coefficient (Wildman–Crippen LogP) is 2.67. The van der Waals surface area contributed by atoms with Crippen LogP contribution in [-0.4, -0.2) is 24.1 Å². The number of aryl methyl sites for hydroxylation is 1. The molecule has 0 saturated carbocycles. The van der Waals surface area contributed by atoms with E-state index in [4.69, 9.17) is 0 Å². The average Bonchev–Trinajstić information content (AvgIpc) is 2.78. The molecule has 0 aliphatic carbocycles. The summed E-state index contributed by atoms with van der Waals surface area (Å²) in [6, 6.07) is 5.35. The van der Waals surface area contributed by atoms with E-state index in [0.717, 1.165) is 29.7 Å². The Morgan fingerprint density at radius 2 is 2.11 bits per heavy atom. The van der Waals surface area contributed by atoms with Gasteiger partial charge in [0.2, 0.25) is 10.0 Å². The number of hydrogen-bond donors (Lipinski definition) is 2. The van der Waals surface area contributed by atoms with Crippen molar-refractivity contribution in [2.45, 2.75) is 33.1 Å². The molecule has 19 heavy (non-hydrogen) atoms. The molecule has 6 heteroatoms. The molecule has 0 bridgehead atoms. The number of rotatable bonds is 6. The van der Waals surface area contributed by atoms with Crippen LogP contribution in [0.25, 0.3) is 11.0 Å². The quantitative estimate of drug-likeness (QED) is 0.854. The number of aromatic amines is 1. The van der Waals surface area contributed by atoms with Crippen molar-refractivity contribution in [3.63, 3.8) is 0 Å². The van der Waals surface area contributed by atoms with Gasteiger partial charge in [0.1, 0.15) is 5.82 Å². The van der Waals surface area contributed by atoms with Gasteiger partial charge in [0.25, 0.3) is 0 Å². The van der Waals surface area contributed by atoms with Gasteiger partial charge in [0, 0.05) is 6.42 Å². The van der Waals surface area contributed by atoms with Gasteiger partial charge in [-0.1, -0.05) is 20.3 Å². The van der Waals surface area contributed by atoms with Crippen LogP contribution in [0.3, 0.4) is 0 Å². The van der Waals surface area contributed by atoms with Crippen molar-refractivity contribution in [1.29, 1.82) is 0 Å². The maximum Gasteiger partial charge on any atom is 0.232 e. The van der Waals surface area contributed by atoms with Gasteiger partial charge in [-0.05, 0) is 24.6 Å². The second-order valence-electron chi connectivity index (χ2n) is 4.54. The fraction of sp³-hybridized carbons (Fsp3) is 0.462. The second kappa shape index (κ2) is 5.61. The third kappa shape index (κ3) is 3.47. The van der Waals surface area contributed by atoms with Crippen LogP contribution in [0.1, 0.15) is 32.5 Å². The van der Waals surface area contributed by atoms with Crippen LogP contribution < -0.4 is 4.72 Å². The lowest BCUT2D eigenvalue weighted by molar-refractivity contribution is 0.598. The lowest BCUT2D eigenvalue weighted by Crippen LogP contribution is -2.16. The van der Waals surface area contributed by atoms with Gasteiger partial charge in [-0.15, -0.1) is 0 Å². The zero-order valence-electron chi connectivity index (χ0n) is 11.2. The van der Waals surface area contributed by atoms with E-state index >= 15 is 0 Å². The molecule has 1 heterocycles. The zero-order valence-corrected chi connectivity index (χ0v) is 12.0. The fourth-order valence-electron chi connectivity index (χ4n) is 1.86. The van der Waals surface area contributed by atoms with E-state index in [9.17, 15) is 8.42 Å². The minimum Gasteiger partial charge on any atom is -0.342 e. The molecule has 0 radical (unpaired) electrons. The lowest BCUT2D eigenvalue weighted by Gasteiger charge is -2.07. The number of fused-ring (bicyclic) bond motifs is 1. The Bertz CT molecular complexity index is 662. The van der Waals surface area contributed by atoms with Gasteiger partial charge in [0.05, 0.1) is 22.5 Å². The zero-order chi connectivity index (χ0) is 13.9. The average molecular weight is 281 g/mol. The lowest BCUT2D eigenvalue weighted by atomic mass is 10.3. The van der Waals surface area contributed by atoms with Crippen LogP contribution >= 0.6 is 0 Å². The number of hydrogen-bond acceptors (Lipinski definition) is 3. The van der Waals surface area contributed by atoms with Gasteiger partial charge < -0.3 is 4.98 Å². The minimum absolute atomic E-state index is 0.157. The number of H-pyrrole nitrogens is 1. The molecule has 1 aromatic heterocycles. The van der Waals surface area contributed by atoms with Crippen molar-refractivity contribution in [2.24, 2.45) is 0 Å². The standard InChI is InChI=1S/C13H19N3O2S/c1-3-5-8-19(17,18)16-10-6-7-11-12(9-10)15-13(4-2)14-11/h6-7,9,16H,3-5,8H2,1-2H3,(H,14,15). The van der Waals surface area contributed by atoms with Gasteiger partial charge >= 0.3 is 0 Å². The van der Waals surface area contributed by atoms with Crippen LogP contribution in [0.5, 0.6) is 0 Å². The highest BCUT2D eigenvalue weighted by Crippen LogP contribution is 2.18. The van der Waals surface area contributed by atoms with Crippen molar-refractivity contribution >= 4 is 26.7 Å². The number of benzene rings is 1. The van der Waals surface area contributed by atoms with Gasteiger partial charge in [-0.3, -0.25) is 4.72 Å². The SMILES string of the molecule is CCCCS(=O)(=O)Nc1ccc2nc(CC)[nH]c2c1.